The van der Waals surface area contributed by atoms with Crippen LogP contribution in [0.2, 0.25) is 5.15 Å². The maximum atomic E-state index is 12.0. The first-order valence-corrected chi connectivity index (χ1v) is 5.58. The minimum atomic E-state index is -0.726. The number of halogens is 1. The maximum Gasteiger partial charge on any atom is 0.232 e. The quantitative estimate of drug-likeness (QED) is 0.778. The molecule has 1 aromatic heterocycles. The van der Waals surface area contributed by atoms with Crippen molar-refractivity contribution in [2.24, 2.45) is 5.41 Å². The highest BCUT2D eigenvalue weighted by Crippen LogP contribution is 2.28. The van der Waals surface area contributed by atoms with E-state index in [1.807, 2.05) is 0 Å². The Labute approximate surface area is 104 Å². The van der Waals surface area contributed by atoms with Crippen LogP contribution >= 0.6 is 11.6 Å². The molecule has 0 aromatic carbocycles. The van der Waals surface area contributed by atoms with Crippen LogP contribution in [0.5, 0.6) is 0 Å². The molecular weight excluding hydrogens is 242 g/mol. The van der Waals surface area contributed by atoms with Crippen LogP contribution in [0.25, 0.3) is 0 Å². The van der Waals surface area contributed by atoms with E-state index in [2.05, 4.69) is 15.6 Å². The SMILES string of the molecule is CC1(C(=O)Nc2cccnc2Cl)CNC(=O)C1. The van der Waals surface area contributed by atoms with Crippen LogP contribution in [-0.4, -0.2) is 23.3 Å². The number of carbonyl (C=O) groups excluding carboxylic acids is 2. The van der Waals surface area contributed by atoms with Gasteiger partial charge in [-0.2, -0.15) is 0 Å². The molecule has 2 amide bonds. The lowest BCUT2D eigenvalue weighted by Gasteiger charge is -2.20. The van der Waals surface area contributed by atoms with Crippen LogP contribution in [0.1, 0.15) is 13.3 Å². The van der Waals surface area contributed by atoms with Gasteiger partial charge in [0.25, 0.3) is 0 Å². The molecule has 1 aliphatic heterocycles. The van der Waals surface area contributed by atoms with Gasteiger partial charge in [-0.05, 0) is 19.1 Å². The molecule has 2 rings (SSSR count). The number of aromatic nitrogens is 1. The third kappa shape index (κ3) is 2.39. The summed E-state index contributed by atoms with van der Waals surface area (Å²) in [6, 6.07) is 3.35. The smallest absolute Gasteiger partial charge is 0.232 e. The molecule has 0 spiro atoms. The van der Waals surface area contributed by atoms with Crippen molar-refractivity contribution in [3.8, 4) is 0 Å². The Kier molecular flexibility index (Phi) is 3.02. The van der Waals surface area contributed by atoms with Crippen LogP contribution in [0.3, 0.4) is 0 Å². The molecule has 0 saturated carbocycles. The average Bonchev–Trinajstić information content (AvgIpc) is 2.63. The first-order chi connectivity index (χ1) is 8.01. The number of nitrogens with zero attached hydrogens (tertiary/aromatic N) is 1. The highest BCUT2D eigenvalue weighted by molar-refractivity contribution is 6.32. The van der Waals surface area contributed by atoms with Crippen LogP contribution in [-0.2, 0) is 9.59 Å². The molecular formula is C11H12ClN3O2. The number of nitrogens with one attached hydrogen (secondary N) is 2. The van der Waals surface area contributed by atoms with Crippen molar-refractivity contribution >= 4 is 29.1 Å². The van der Waals surface area contributed by atoms with E-state index in [-0.39, 0.29) is 23.4 Å². The summed E-state index contributed by atoms with van der Waals surface area (Å²) in [6.07, 6.45) is 1.73. The zero-order valence-electron chi connectivity index (χ0n) is 9.29. The third-order valence-electron chi connectivity index (χ3n) is 2.78. The van der Waals surface area contributed by atoms with Crippen LogP contribution in [0.15, 0.2) is 18.3 Å². The Bertz CT molecular complexity index is 478. The largest absolute Gasteiger partial charge is 0.355 e. The molecule has 1 fully saturated rings. The molecule has 5 nitrogen and oxygen atoms in total. The molecule has 6 heteroatoms. The summed E-state index contributed by atoms with van der Waals surface area (Å²) in [5.74, 6) is -0.342. The third-order valence-corrected chi connectivity index (χ3v) is 3.08. The average molecular weight is 254 g/mol. The van der Waals surface area contributed by atoms with E-state index < -0.39 is 5.41 Å². The molecule has 17 heavy (non-hydrogen) atoms. The Morgan fingerprint density at radius 2 is 2.41 bits per heavy atom. The van der Waals surface area contributed by atoms with Gasteiger partial charge in [0.2, 0.25) is 11.8 Å². The monoisotopic (exact) mass is 253 g/mol. The van der Waals surface area contributed by atoms with Crippen molar-refractivity contribution < 1.29 is 9.59 Å². The Hall–Kier alpha value is -1.62. The molecule has 2 N–H and O–H groups in total. The van der Waals surface area contributed by atoms with E-state index >= 15 is 0 Å². The van der Waals surface area contributed by atoms with Crippen LogP contribution in [0, 0.1) is 5.41 Å². The summed E-state index contributed by atoms with van der Waals surface area (Å²) in [4.78, 5) is 27.1. The minimum Gasteiger partial charge on any atom is -0.355 e. The molecule has 90 valence electrons. The van der Waals surface area contributed by atoms with Crippen molar-refractivity contribution in [2.45, 2.75) is 13.3 Å². The van der Waals surface area contributed by atoms with E-state index in [9.17, 15) is 9.59 Å². The lowest BCUT2D eigenvalue weighted by Crippen LogP contribution is -2.35. The molecule has 1 saturated heterocycles. The summed E-state index contributed by atoms with van der Waals surface area (Å²) >= 11 is 5.84. The predicted octanol–water partition coefficient (Wildman–Crippen LogP) is 1.20. The van der Waals surface area contributed by atoms with Gasteiger partial charge in [-0.15, -0.1) is 0 Å². The highest BCUT2D eigenvalue weighted by atomic mass is 35.5. The van der Waals surface area contributed by atoms with Gasteiger partial charge < -0.3 is 10.6 Å². The van der Waals surface area contributed by atoms with Gasteiger partial charge in [0, 0.05) is 19.2 Å². The Balaban J connectivity index is 2.12. The van der Waals surface area contributed by atoms with E-state index in [0.29, 0.717) is 12.2 Å². The normalized spacial score (nSPS) is 23.3. The minimum absolute atomic E-state index is 0.111. The fourth-order valence-corrected chi connectivity index (χ4v) is 1.85. The van der Waals surface area contributed by atoms with Gasteiger partial charge in [-0.3, -0.25) is 9.59 Å². The molecule has 0 bridgehead atoms. The second-order valence-corrected chi connectivity index (χ2v) is 4.67. The predicted molar refractivity (Wildman–Crippen MR) is 63.6 cm³/mol. The number of pyridine rings is 1. The Morgan fingerprint density at radius 1 is 1.65 bits per heavy atom. The maximum absolute atomic E-state index is 12.0. The summed E-state index contributed by atoms with van der Waals surface area (Å²) in [5, 5.41) is 5.57. The highest BCUT2D eigenvalue weighted by Gasteiger charge is 2.40. The van der Waals surface area contributed by atoms with Gasteiger partial charge >= 0.3 is 0 Å². The first-order valence-electron chi connectivity index (χ1n) is 5.20. The van der Waals surface area contributed by atoms with E-state index in [0.717, 1.165) is 0 Å². The lowest BCUT2D eigenvalue weighted by atomic mass is 9.88. The van der Waals surface area contributed by atoms with Crippen molar-refractivity contribution in [1.82, 2.24) is 10.3 Å². The molecule has 1 atom stereocenters. The van der Waals surface area contributed by atoms with Gasteiger partial charge in [0.1, 0.15) is 0 Å². The van der Waals surface area contributed by atoms with Gasteiger partial charge in [0.15, 0.2) is 5.15 Å². The fraction of sp³-hybridized carbons (Fsp3) is 0.364. The zero-order valence-corrected chi connectivity index (χ0v) is 10.0. The molecule has 0 radical (unpaired) electrons. The van der Waals surface area contributed by atoms with Crippen molar-refractivity contribution in [3.63, 3.8) is 0 Å². The van der Waals surface area contributed by atoms with Crippen LogP contribution < -0.4 is 10.6 Å². The van der Waals surface area contributed by atoms with Crippen molar-refractivity contribution in [3.05, 3.63) is 23.5 Å². The van der Waals surface area contributed by atoms with E-state index in [1.165, 1.54) is 0 Å². The lowest BCUT2D eigenvalue weighted by molar-refractivity contribution is -0.126. The number of carbonyl (C=O) groups is 2. The van der Waals surface area contributed by atoms with Gasteiger partial charge in [-0.25, -0.2) is 4.98 Å². The Morgan fingerprint density at radius 3 is 3.00 bits per heavy atom. The molecule has 1 aliphatic rings. The van der Waals surface area contributed by atoms with Crippen molar-refractivity contribution in [1.29, 1.82) is 0 Å². The number of anilines is 1. The molecule has 1 aromatic rings. The summed E-state index contributed by atoms with van der Waals surface area (Å²) < 4.78 is 0. The summed E-state index contributed by atoms with van der Waals surface area (Å²) in [7, 11) is 0. The topological polar surface area (TPSA) is 71.1 Å². The fourth-order valence-electron chi connectivity index (χ4n) is 1.69. The molecule has 0 aliphatic carbocycles. The summed E-state index contributed by atoms with van der Waals surface area (Å²) in [5.41, 5.74) is -0.268. The molecule has 1 unspecified atom stereocenters. The first kappa shape index (κ1) is 11.9. The van der Waals surface area contributed by atoms with E-state index in [4.69, 9.17) is 11.6 Å². The number of hydrogen-bond acceptors (Lipinski definition) is 3. The summed E-state index contributed by atoms with van der Waals surface area (Å²) in [6.45, 7) is 2.08. The van der Waals surface area contributed by atoms with Crippen molar-refractivity contribution in [2.75, 3.05) is 11.9 Å². The second-order valence-electron chi connectivity index (χ2n) is 4.31. The van der Waals surface area contributed by atoms with Gasteiger partial charge in [0.05, 0.1) is 11.1 Å². The zero-order chi connectivity index (χ0) is 12.5. The van der Waals surface area contributed by atoms with E-state index in [1.54, 1.807) is 25.3 Å². The van der Waals surface area contributed by atoms with Gasteiger partial charge in [-0.1, -0.05) is 11.6 Å². The standard InChI is InChI=1S/C11H12ClN3O2/c1-11(5-8(16)14-6-11)10(17)15-7-3-2-4-13-9(7)12/h2-4H,5-6H2,1H3,(H,14,16)(H,15,17). The molecule has 2 heterocycles. The second kappa shape index (κ2) is 4.33. The number of amides is 2. The number of hydrogen-bond donors (Lipinski definition) is 2. The number of rotatable bonds is 2. The van der Waals surface area contributed by atoms with Crippen LogP contribution in [0.4, 0.5) is 5.69 Å².